The summed E-state index contributed by atoms with van der Waals surface area (Å²) in [5.41, 5.74) is 12.5. The molecule has 1 aliphatic heterocycles. The standard InChI is InChI=1S/C15H19N5O5/c16-7-2-1-3-8(4-7)19-14(24)10-13(17)20(6-18-10)15-12(23)11(22)9(5-21)25-15/h1-4,6,9,11-12,15,21-23H,5,16-17H2,(H,19,24)/t9-,11?,12+,15-/m1/s1. The van der Waals surface area contributed by atoms with Crippen molar-refractivity contribution in [3.63, 3.8) is 0 Å². The zero-order chi connectivity index (χ0) is 18.1. The normalized spacial score (nSPS) is 25.9. The topological polar surface area (TPSA) is 169 Å². The van der Waals surface area contributed by atoms with Crippen molar-refractivity contribution in [2.45, 2.75) is 24.5 Å². The third-order valence-corrected chi connectivity index (χ3v) is 3.98. The predicted octanol–water partition coefficient (Wildman–Crippen LogP) is -1.09. The Morgan fingerprint density at radius 2 is 2.08 bits per heavy atom. The molecule has 0 radical (unpaired) electrons. The third kappa shape index (κ3) is 3.15. The minimum atomic E-state index is -1.32. The van der Waals surface area contributed by atoms with Crippen molar-refractivity contribution in [2.75, 3.05) is 23.4 Å². The number of amides is 1. The molecular weight excluding hydrogens is 330 g/mol. The van der Waals surface area contributed by atoms with E-state index in [9.17, 15) is 15.0 Å². The second-order valence-corrected chi connectivity index (χ2v) is 5.69. The number of aliphatic hydroxyl groups excluding tert-OH is 3. The van der Waals surface area contributed by atoms with Crippen LogP contribution in [0.3, 0.4) is 0 Å². The highest BCUT2D eigenvalue weighted by Crippen LogP contribution is 2.31. The Hall–Kier alpha value is -2.66. The van der Waals surface area contributed by atoms with Gasteiger partial charge >= 0.3 is 0 Å². The lowest BCUT2D eigenvalue weighted by Crippen LogP contribution is -2.33. The van der Waals surface area contributed by atoms with Gasteiger partial charge in [0.1, 0.15) is 24.1 Å². The average molecular weight is 349 g/mol. The zero-order valence-corrected chi connectivity index (χ0v) is 13.1. The van der Waals surface area contributed by atoms with Gasteiger partial charge in [0.05, 0.1) is 12.9 Å². The first-order valence-electron chi connectivity index (χ1n) is 7.54. The molecule has 1 fully saturated rings. The molecule has 3 rings (SSSR count). The van der Waals surface area contributed by atoms with E-state index in [1.165, 1.54) is 10.9 Å². The van der Waals surface area contributed by atoms with Gasteiger partial charge in [-0.05, 0) is 18.2 Å². The van der Waals surface area contributed by atoms with E-state index in [1.54, 1.807) is 24.3 Å². The zero-order valence-electron chi connectivity index (χ0n) is 13.1. The van der Waals surface area contributed by atoms with Gasteiger partial charge in [0, 0.05) is 11.4 Å². The smallest absolute Gasteiger partial charge is 0.278 e. The monoisotopic (exact) mass is 349 g/mol. The largest absolute Gasteiger partial charge is 0.399 e. The summed E-state index contributed by atoms with van der Waals surface area (Å²) in [6, 6.07) is 6.61. The van der Waals surface area contributed by atoms with Crippen LogP contribution in [0.15, 0.2) is 30.6 Å². The van der Waals surface area contributed by atoms with Gasteiger partial charge in [-0.2, -0.15) is 0 Å². The summed E-state index contributed by atoms with van der Waals surface area (Å²) in [4.78, 5) is 16.3. The van der Waals surface area contributed by atoms with Crippen LogP contribution in [0.2, 0.25) is 0 Å². The molecule has 0 spiro atoms. The van der Waals surface area contributed by atoms with Crippen LogP contribution >= 0.6 is 0 Å². The Morgan fingerprint density at radius 3 is 2.72 bits per heavy atom. The number of hydrogen-bond donors (Lipinski definition) is 6. The summed E-state index contributed by atoms with van der Waals surface area (Å²) in [5, 5.41) is 31.6. The molecule has 0 saturated carbocycles. The molecular formula is C15H19N5O5. The number of nitrogens with zero attached hydrogens (tertiary/aromatic N) is 2. The van der Waals surface area contributed by atoms with E-state index in [-0.39, 0.29) is 11.5 Å². The van der Waals surface area contributed by atoms with Gasteiger partial charge in [-0.1, -0.05) is 6.07 Å². The number of nitrogen functional groups attached to an aromatic ring is 2. The summed E-state index contributed by atoms with van der Waals surface area (Å²) >= 11 is 0. The van der Waals surface area contributed by atoms with Crippen LogP contribution in [-0.4, -0.2) is 55.7 Å². The second-order valence-electron chi connectivity index (χ2n) is 5.69. The van der Waals surface area contributed by atoms with Gasteiger partial charge in [-0.3, -0.25) is 9.36 Å². The summed E-state index contributed by atoms with van der Waals surface area (Å²) in [5.74, 6) is -0.607. The molecule has 1 aliphatic rings. The van der Waals surface area contributed by atoms with Gasteiger partial charge in [0.15, 0.2) is 11.9 Å². The van der Waals surface area contributed by atoms with Crippen LogP contribution in [0.4, 0.5) is 17.2 Å². The Bertz CT molecular complexity index is 779. The number of carbonyl (C=O) groups is 1. The van der Waals surface area contributed by atoms with Crippen molar-refractivity contribution >= 4 is 23.1 Å². The fourth-order valence-electron chi connectivity index (χ4n) is 2.66. The maximum Gasteiger partial charge on any atom is 0.278 e. The first-order valence-corrected chi connectivity index (χ1v) is 7.54. The number of nitrogens with two attached hydrogens (primary N) is 2. The highest BCUT2D eigenvalue weighted by Gasteiger charge is 2.44. The van der Waals surface area contributed by atoms with E-state index in [0.717, 1.165) is 0 Å². The molecule has 1 aromatic heterocycles. The summed E-state index contributed by atoms with van der Waals surface area (Å²) in [6.07, 6.45) is -3.39. The SMILES string of the molecule is Nc1cccc(NC(=O)c2ncn([C@@H]3O[C@H](CO)C(O)[C@@H]3O)c2N)c1. The molecule has 134 valence electrons. The van der Waals surface area contributed by atoms with E-state index in [4.69, 9.17) is 21.3 Å². The van der Waals surface area contributed by atoms with Crippen molar-refractivity contribution in [1.82, 2.24) is 9.55 Å². The van der Waals surface area contributed by atoms with E-state index in [0.29, 0.717) is 11.4 Å². The summed E-state index contributed by atoms with van der Waals surface area (Å²) in [7, 11) is 0. The van der Waals surface area contributed by atoms with Crippen molar-refractivity contribution in [3.8, 4) is 0 Å². The Balaban J connectivity index is 1.80. The number of anilines is 3. The number of rotatable bonds is 4. The fraction of sp³-hybridized carbons (Fsp3) is 0.333. The van der Waals surface area contributed by atoms with E-state index >= 15 is 0 Å². The maximum atomic E-state index is 12.3. The highest BCUT2D eigenvalue weighted by atomic mass is 16.6. The lowest BCUT2D eigenvalue weighted by atomic mass is 10.1. The van der Waals surface area contributed by atoms with Crippen LogP contribution < -0.4 is 16.8 Å². The Morgan fingerprint density at radius 1 is 1.32 bits per heavy atom. The molecule has 1 saturated heterocycles. The fourth-order valence-corrected chi connectivity index (χ4v) is 2.66. The number of nitrogens with one attached hydrogen (secondary N) is 1. The van der Waals surface area contributed by atoms with E-state index in [2.05, 4.69) is 10.3 Å². The molecule has 10 heteroatoms. The summed E-state index contributed by atoms with van der Waals surface area (Å²) in [6.45, 7) is -0.466. The second kappa shape index (κ2) is 6.69. The Labute approximate surface area is 142 Å². The quantitative estimate of drug-likeness (QED) is 0.378. The van der Waals surface area contributed by atoms with Crippen LogP contribution in [-0.2, 0) is 4.74 Å². The van der Waals surface area contributed by atoms with Crippen LogP contribution in [0, 0.1) is 0 Å². The molecule has 2 heterocycles. The number of benzene rings is 1. The van der Waals surface area contributed by atoms with Gasteiger partial charge in [-0.25, -0.2) is 4.98 Å². The summed E-state index contributed by atoms with van der Waals surface area (Å²) < 4.78 is 6.61. The molecule has 2 aromatic rings. The van der Waals surface area contributed by atoms with Gasteiger partial charge < -0.3 is 36.8 Å². The molecule has 10 nitrogen and oxygen atoms in total. The predicted molar refractivity (Wildman–Crippen MR) is 88.5 cm³/mol. The van der Waals surface area contributed by atoms with Crippen LogP contribution in [0.1, 0.15) is 16.7 Å². The minimum Gasteiger partial charge on any atom is -0.399 e. The average Bonchev–Trinajstić information content (AvgIpc) is 3.08. The first-order chi connectivity index (χ1) is 11.9. The van der Waals surface area contributed by atoms with Crippen molar-refractivity contribution in [1.29, 1.82) is 0 Å². The Kier molecular flexibility index (Phi) is 4.59. The molecule has 1 unspecified atom stereocenters. The first kappa shape index (κ1) is 17.2. The number of aromatic nitrogens is 2. The lowest BCUT2D eigenvalue weighted by Gasteiger charge is -2.17. The van der Waals surface area contributed by atoms with Crippen molar-refractivity contribution in [3.05, 3.63) is 36.3 Å². The molecule has 0 bridgehead atoms. The number of hydrogen-bond acceptors (Lipinski definition) is 8. The van der Waals surface area contributed by atoms with Crippen molar-refractivity contribution in [2.24, 2.45) is 0 Å². The highest BCUT2D eigenvalue weighted by molar-refractivity contribution is 6.06. The number of imidazole rings is 1. The molecule has 25 heavy (non-hydrogen) atoms. The van der Waals surface area contributed by atoms with Gasteiger partial charge in [-0.15, -0.1) is 0 Å². The number of aliphatic hydroxyl groups is 3. The van der Waals surface area contributed by atoms with Gasteiger partial charge in [0.25, 0.3) is 5.91 Å². The molecule has 8 N–H and O–H groups in total. The number of carbonyl (C=O) groups excluding carboxylic acids is 1. The molecule has 1 amide bonds. The molecule has 4 atom stereocenters. The maximum absolute atomic E-state index is 12.3. The number of ether oxygens (including phenoxy) is 1. The lowest BCUT2D eigenvalue weighted by molar-refractivity contribution is -0.0518. The minimum absolute atomic E-state index is 0.0451. The molecule has 0 aliphatic carbocycles. The van der Waals surface area contributed by atoms with Crippen LogP contribution in [0.5, 0.6) is 0 Å². The van der Waals surface area contributed by atoms with Gasteiger partial charge in [0.2, 0.25) is 0 Å². The molecule has 1 aromatic carbocycles. The van der Waals surface area contributed by atoms with E-state index in [1.807, 2.05) is 0 Å². The van der Waals surface area contributed by atoms with Crippen LogP contribution in [0.25, 0.3) is 0 Å². The third-order valence-electron chi connectivity index (χ3n) is 3.98. The van der Waals surface area contributed by atoms with E-state index < -0.39 is 37.1 Å². The van der Waals surface area contributed by atoms with Crippen molar-refractivity contribution < 1.29 is 24.9 Å².